The average molecular weight is 331 g/mol. The first kappa shape index (κ1) is 15.4. The zero-order valence-electron chi connectivity index (χ0n) is 11.1. The third-order valence-corrected chi connectivity index (χ3v) is 3.32. The van der Waals surface area contributed by atoms with Crippen molar-refractivity contribution in [2.45, 2.75) is 13.3 Å². The highest BCUT2D eigenvalue weighted by Gasteiger charge is 2.01. The molecule has 3 N–H and O–H groups in total. The third-order valence-electron chi connectivity index (χ3n) is 2.58. The Bertz CT molecular complexity index is 407. The number of hydrogen-bond donors (Lipinski definition) is 3. The van der Waals surface area contributed by atoms with Crippen molar-refractivity contribution in [1.29, 1.82) is 0 Å². The van der Waals surface area contributed by atoms with Crippen molar-refractivity contribution in [3.63, 3.8) is 0 Å². The molecule has 0 atom stereocenters. The number of rotatable bonds is 5. The van der Waals surface area contributed by atoms with E-state index in [9.17, 15) is 0 Å². The number of aryl methyl sites for hydroxylation is 1. The fourth-order valence-corrected chi connectivity index (χ4v) is 2.27. The summed E-state index contributed by atoms with van der Waals surface area (Å²) in [7, 11) is 4.31. The molecule has 5 heteroatoms. The molecule has 1 rings (SSSR count). The summed E-state index contributed by atoms with van der Waals surface area (Å²) in [4.78, 5) is 1.46. The van der Waals surface area contributed by atoms with Crippen LogP contribution in [0.5, 0.6) is 0 Å². The molecule has 18 heavy (non-hydrogen) atoms. The minimum Gasteiger partial charge on any atom is -0.362 e. The van der Waals surface area contributed by atoms with Crippen molar-refractivity contribution >= 4 is 38.9 Å². The highest BCUT2D eigenvalue weighted by atomic mass is 79.9. The molecule has 0 spiro atoms. The van der Waals surface area contributed by atoms with Gasteiger partial charge in [0.15, 0.2) is 5.11 Å². The average Bonchev–Trinajstić information content (AvgIpc) is 2.28. The summed E-state index contributed by atoms with van der Waals surface area (Å²) in [5.41, 5.74) is 2.22. The lowest BCUT2D eigenvalue weighted by molar-refractivity contribution is -0.858. The Morgan fingerprint density at radius 1 is 1.39 bits per heavy atom. The number of hydrogen-bond acceptors (Lipinski definition) is 1. The number of nitrogens with one attached hydrogen (secondary N) is 3. The van der Waals surface area contributed by atoms with Crippen molar-refractivity contribution in [3.8, 4) is 0 Å². The fourth-order valence-electron chi connectivity index (χ4n) is 1.58. The van der Waals surface area contributed by atoms with Crippen LogP contribution in [0, 0.1) is 6.92 Å². The second-order valence-corrected chi connectivity index (χ2v) is 5.97. The van der Waals surface area contributed by atoms with Crippen LogP contribution in [-0.2, 0) is 0 Å². The molecule has 0 aliphatic rings. The minimum absolute atomic E-state index is 0.689. The second kappa shape index (κ2) is 7.71. The van der Waals surface area contributed by atoms with E-state index in [1.54, 1.807) is 0 Å². The van der Waals surface area contributed by atoms with Gasteiger partial charge in [0.1, 0.15) is 0 Å². The summed E-state index contributed by atoms with van der Waals surface area (Å²) in [6.07, 6.45) is 1.11. The van der Waals surface area contributed by atoms with Crippen LogP contribution in [0.2, 0.25) is 0 Å². The smallest absolute Gasteiger partial charge is 0.170 e. The van der Waals surface area contributed by atoms with Crippen LogP contribution in [0.3, 0.4) is 0 Å². The molecule has 0 radical (unpaired) electrons. The first-order valence-electron chi connectivity index (χ1n) is 6.09. The number of halogens is 1. The fraction of sp³-hybridized carbons (Fsp3) is 0.462. The van der Waals surface area contributed by atoms with E-state index < -0.39 is 0 Å². The van der Waals surface area contributed by atoms with Crippen molar-refractivity contribution in [1.82, 2.24) is 5.32 Å². The monoisotopic (exact) mass is 330 g/mol. The molecule has 0 fully saturated rings. The van der Waals surface area contributed by atoms with E-state index in [-0.39, 0.29) is 0 Å². The molecule has 0 amide bonds. The molecule has 1 aromatic carbocycles. The van der Waals surface area contributed by atoms with Gasteiger partial charge in [-0.05, 0) is 42.9 Å². The van der Waals surface area contributed by atoms with Crippen molar-refractivity contribution in [3.05, 3.63) is 28.2 Å². The van der Waals surface area contributed by atoms with E-state index in [2.05, 4.69) is 53.6 Å². The molecule has 0 saturated heterocycles. The molecule has 3 nitrogen and oxygen atoms in total. The molecular formula is C13H21BrN3S+. The summed E-state index contributed by atoms with van der Waals surface area (Å²) < 4.78 is 1.08. The Morgan fingerprint density at radius 2 is 2.11 bits per heavy atom. The quantitative estimate of drug-likeness (QED) is 0.565. The van der Waals surface area contributed by atoms with Crippen LogP contribution in [0.25, 0.3) is 0 Å². The zero-order valence-corrected chi connectivity index (χ0v) is 13.5. The minimum atomic E-state index is 0.689. The van der Waals surface area contributed by atoms with Crippen LogP contribution in [0.4, 0.5) is 5.69 Å². The Morgan fingerprint density at radius 3 is 2.72 bits per heavy atom. The van der Waals surface area contributed by atoms with Gasteiger partial charge < -0.3 is 15.5 Å². The number of quaternary nitrogens is 1. The van der Waals surface area contributed by atoms with Gasteiger partial charge in [-0.2, -0.15) is 0 Å². The lowest BCUT2D eigenvalue weighted by Gasteiger charge is -2.13. The summed E-state index contributed by atoms with van der Waals surface area (Å²) >= 11 is 8.72. The molecule has 0 saturated carbocycles. The van der Waals surface area contributed by atoms with E-state index in [0.29, 0.717) is 5.11 Å². The summed E-state index contributed by atoms with van der Waals surface area (Å²) in [5.74, 6) is 0. The van der Waals surface area contributed by atoms with E-state index in [1.807, 2.05) is 12.1 Å². The molecule has 0 unspecified atom stereocenters. The summed E-state index contributed by atoms with van der Waals surface area (Å²) in [6.45, 7) is 4.12. The standard InChI is InChI=1S/C13H20BrN3S/c1-10-9-11(14)5-6-12(10)16-13(18)15-7-4-8-17(2)3/h5-6,9H,4,7-8H2,1-3H3,(H2,15,16,18)/p+1. The first-order valence-corrected chi connectivity index (χ1v) is 7.29. The van der Waals surface area contributed by atoms with Gasteiger partial charge in [0.25, 0.3) is 0 Å². The topological polar surface area (TPSA) is 28.5 Å². The van der Waals surface area contributed by atoms with E-state index >= 15 is 0 Å². The van der Waals surface area contributed by atoms with Gasteiger partial charge in [0.05, 0.1) is 20.6 Å². The van der Waals surface area contributed by atoms with Gasteiger partial charge in [-0.3, -0.25) is 0 Å². The third kappa shape index (κ3) is 5.80. The second-order valence-electron chi connectivity index (χ2n) is 4.65. The number of benzene rings is 1. The SMILES string of the molecule is Cc1cc(Br)ccc1NC(=S)NCCC[NH+](C)C. The molecule has 0 aromatic heterocycles. The van der Waals surface area contributed by atoms with Gasteiger partial charge in [0, 0.05) is 23.1 Å². The largest absolute Gasteiger partial charge is 0.362 e. The molecule has 100 valence electrons. The highest BCUT2D eigenvalue weighted by molar-refractivity contribution is 9.10. The number of thiocarbonyl (C=S) groups is 1. The Labute approximate surface area is 123 Å². The lowest BCUT2D eigenvalue weighted by Crippen LogP contribution is -3.05. The van der Waals surface area contributed by atoms with E-state index in [0.717, 1.165) is 29.7 Å². The van der Waals surface area contributed by atoms with Gasteiger partial charge in [-0.1, -0.05) is 15.9 Å². The van der Waals surface area contributed by atoms with Crippen LogP contribution in [0.1, 0.15) is 12.0 Å². The van der Waals surface area contributed by atoms with Gasteiger partial charge in [-0.25, -0.2) is 0 Å². The molecular weight excluding hydrogens is 310 g/mol. The Kier molecular flexibility index (Phi) is 6.60. The van der Waals surface area contributed by atoms with Gasteiger partial charge in [0.2, 0.25) is 0 Å². The normalized spacial score (nSPS) is 10.5. The molecule has 1 aromatic rings. The van der Waals surface area contributed by atoms with Crippen molar-refractivity contribution in [2.75, 3.05) is 32.5 Å². The van der Waals surface area contributed by atoms with E-state index in [4.69, 9.17) is 12.2 Å². The Hall–Kier alpha value is -0.650. The maximum Gasteiger partial charge on any atom is 0.170 e. The van der Waals surface area contributed by atoms with Crippen LogP contribution >= 0.6 is 28.1 Å². The highest BCUT2D eigenvalue weighted by Crippen LogP contribution is 2.19. The molecule has 0 bridgehead atoms. The number of anilines is 1. The Balaban J connectivity index is 2.35. The zero-order chi connectivity index (χ0) is 13.5. The van der Waals surface area contributed by atoms with Crippen molar-refractivity contribution < 1.29 is 4.90 Å². The summed E-state index contributed by atoms with van der Waals surface area (Å²) in [5, 5.41) is 7.13. The van der Waals surface area contributed by atoms with Crippen molar-refractivity contribution in [2.24, 2.45) is 0 Å². The lowest BCUT2D eigenvalue weighted by atomic mass is 10.2. The van der Waals surface area contributed by atoms with Crippen LogP contribution in [-0.4, -0.2) is 32.3 Å². The molecule has 0 heterocycles. The predicted molar refractivity (Wildman–Crippen MR) is 85.4 cm³/mol. The van der Waals surface area contributed by atoms with Gasteiger partial charge >= 0.3 is 0 Å². The van der Waals surface area contributed by atoms with E-state index in [1.165, 1.54) is 10.5 Å². The first-order chi connectivity index (χ1) is 8.49. The van der Waals surface area contributed by atoms with Crippen LogP contribution < -0.4 is 15.5 Å². The maximum atomic E-state index is 5.27. The predicted octanol–water partition coefficient (Wildman–Crippen LogP) is 1.58. The molecule has 0 aliphatic heterocycles. The summed E-state index contributed by atoms with van der Waals surface area (Å²) in [6, 6.07) is 6.10. The van der Waals surface area contributed by atoms with Gasteiger partial charge in [-0.15, -0.1) is 0 Å². The van der Waals surface area contributed by atoms with Crippen LogP contribution in [0.15, 0.2) is 22.7 Å². The molecule has 0 aliphatic carbocycles. The maximum absolute atomic E-state index is 5.27.